The van der Waals surface area contributed by atoms with Crippen LogP contribution in [0, 0.1) is 0 Å². The van der Waals surface area contributed by atoms with E-state index in [2.05, 4.69) is 22.4 Å². The molecule has 0 bridgehead atoms. The van der Waals surface area contributed by atoms with Crippen LogP contribution in [0.25, 0.3) is 0 Å². The van der Waals surface area contributed by atoms with E-state index in [1.807, 2.05) is 18.2 Å². The molecule has 0 spiro atoms. The van der Waals surface area contributed by atoms with Crippen LogP contribution in [-0.2, 0) is 0 Å². The number of nitrogens with two attached hydrogens (primary N) is 1. The third kappa shape index (κ3) is 2.09. The van der Waals surface area contributed by atoms with Crippen LogP contribution in [0.4, 0.5) is 5.69 Å². The molecule has 92 valence electrons. The average Bonchev–Trinajstić information content (AvgIpc) is 3.01. The molecule has 4 N–H and O–H groups in total. The highest BCUT2D eigenvalue weighted by atomic mass is 16.2. The number of nitrogens with one attached hydrogen (secondary N) is 2. The molecule has 2 atom stereocenters. The van der Waals surface area contributed by atoms with Crippen molar-refractivity contribution in [2.24, 2.45) is 0 Å². The maximum absolute atomic E-state index is 11.9. The highest BCUT2D eigenvalue weighted by Crippen LogP contribution is 2.40. The molecule has 1 saturated carbocycles. The molecule has 1 aromatic carbocycles. The largest absolute Gasteiger partial charge is 0.397 e. The lowest BCUT2D eigenvalue weighted by Crippen LogP contribution is -2.26. The molecule has 0 radical (unpaired) electrons. The number of rotatable bonds is 3. The summed E-state index contributed by atoms with van der Waals surface area (Å²) in [5.74, 6) is 0.359. The van der Waals surface area contributed by atoms with Gasteiger partial charge < -0.3 is 16.0 Å². The van der Waals surface area contributed by atoms with E-state index < -0.39 is 0 Å². The highest BCUT2D eigenvalue weighted by Gasteiger charge is 2.39. The number of carbonyl (C=O) groups excluding carboxylic acids is 1. The number of amides is 1. The molecule has 2 aromatic rings. The van der Waals surface area contributed by atoms with Crippen LogP contribution in [0.1, 0.15) is 28.4 Å². The third-order valence-corrected chi connectivity index (χ3v) is 3.28. The first-order chi connectivity index (χ1) is 8.74. The zero-order chi connectivity index (χ0) is 12.5. The summed E-state index contributed by atoms with van der Waals surface area (Å²) < 4.78 is 0. The minimum atomic E-state index is -0.0878. The van der Waals surface area contributed by atoms with E-state index in [1.54, 1.807) is 12.3 Å². The van der Waals surface area contributed by atoms with Crippen LogP contribution in [0.15, 0.2) is 42.6 Å². The fraction of sp³-hybridized carbons (Fsp3) is 0.214. The Kier molecular flexibility index (Phi) is 2.55. The maximum Gasteiger partial charge on any atom is 0.268 e. The van der Waals surface area contributed by atoms with Gasteiger partial charge in [0, 0.05) is 23.8 Å². The fourth-order valence-corrected chi connectivity index (χ4v) is 2.21. The Morgan fingerprint density at radius 1 is 1.33 bits per heavy atom. The van der Waals surface area contributed by atoms with Crippen molar-refractivity contribution < 1.29 is 4.79 Å². The number of aromatic amines is 1. The predicted molar refractivity (Wildman–Crippen MR) is 70.3 cm³/mol. The molecule has 1 aromatic heterocycles. The molecular formula is C14H15N3O. The molecule has 2 unspecified atom stereocenters. The molecule has 3 rings (SSSR count). The van der Waals surface area contributed by atoms with Crippen LogP contribution in [-0.4, -0.2) is 16.9 Å². The van der Waals surface area contributed by atoms with E-state index in [0.717, 1.165) is 6.42 Å². The molecule has 18 heavy (non-hydrogen) atoms. The summed E-state index contributed by atoms with van der Waals surface area (Å²) in [7, 11) is 0. The summed E-state index contributed by atoms with van der Waals surface area (Å²) in [6.07, 6.45) is 2.63. The Bertz CT molecular complexity index is 561. The molecule has 1 amide bonds. The van der Waals surface area contributed by atoms with E-state index >= 15 is 0 Å². The maximum atomic E-state index is 11.9. The van der Waals surface area contributed by atoms with Crippen LogP contribution in [0.5, 0.6) is 0 Å². The van der Waals surface area contributed by atoms with Gasteiger partial charge in [-0.25, -0.2) is 0 Å². The Hall–Kier alpha value is -2.23. The fourth-order valence-electron chi connectivity index (χ4n) is 2.21. The van der Waals surface area contributed by atoms with Gasteiger partial charge in [-0.2, -0.15) is 0 Å². The van der Waals surface area contributed by atoms with E-state index in [-0.39, 0.29) is 11.9 Å². The molecule has 1 heterocycles. The van der Waals surface area contributed by atoms with Crippen molar-refractivity contribution in [2.45, 2.75) is 18.4 Å². The number of nitrogen functional groups attached to an aromatic ring is 1. The zero-order valence-electron chi connectivity index (χ0n) is 9.89. The molecule has 0 aliphatic heterocycles. The van der Waals surface area contributed by atoms with Gasteiger partial charge in [0.2, 0.25) is 0 Å². The summed E-state index contributed by atoms with van der Waals surface area (Å²) >= 11 is 0. The number of hydrogen-bond donors (Lipinski definition) is 3. The molecule has 4 heteroatoms. The number of hydrogen-bond acceptors (Lipinski definition) is 2. The molecule has 1 aliphatic carbocycles. The molecular weight excluding hydrogens is 226 g/mol. The van der Waals surface area contributed by atoms with Gasteiger partial charge in [-0.3, -0.25) is 4.79 Å². The van der Waals surface area contributed by atoms with Crippen LogP contribution >= 0.6 is 0 Å². The predicted octanol–water partition coefficient (Wildman–Crippen LogP) is 1.88. The van der Waals surface area contributed by atoms with Crippen molar-refractivity contribution in [1.82, 2.24) is 10.3 Å². The number of carbonyl (C=O) groups is 1. The first-order valence-electron chi connectivity index (χ1n) is 6.04. The van der Waals surface area contributed by atoms with Crippen molar-refractivity contribution in [3.8, 4) is 0 Å². The molecule has 0 saturated heterocycles. The summed E-state index contributed by atoms with van der Waals surface area (Å²) in [5, 5.41) is 3.01. The quantitative estimate of drug-likeness (QED) is 0.767. The number of H-pyrrole nitrogens is 1. The first-order valence-corrected chi connectivity index (χ1v) is 6.04. The smallest absolute Gasteiger partial charge is 0.268 e. The van der Waals surface area contributed by atoms with Crippen LogP contribution < -0.4 is 11.1 Å². The SMILES string of the molecule is Nc1c[nH]c(C(=O)NC2CC2c2ccccc2)c1. The van der Waals surface area contributed by atoms with Crippen molar-refractivity contribution in [1.29, 1.82) is 0 Å². The van der Waals surface area contributed by atoms with Crippen molar-refractivity contribution >= 4 is 11.6 Å². The van der Waals surface area contributed by atoms with E-state index in [4.69, 9.17) is 5.73 Å². The standard InChI is InChI=1S/C14H15N3O/c15-10-6-13(16-8-10)14(18)17-12-7-11(12)9-4-2-1-3-5-9/h1-6,8,11-12,16H,7,15H2,(H,17,18). The van der Waals surface area contributed by atoms with Gasteiger partial charge in [-0.1, -0.05) is 30.3 Å². The van der Waals surface area contributed by atoms with Crippen molar-refractivity contribution in [3.05, 3.63) is 53.9 Å². The normalized spacial score (nSPS) is 21.6. The summed E-state index contributed by atoms with van der Waals surface area (Å²) in [5.41, 5.74) is 7.95. The van der Waals surface area contributed by atoms with Crippen LogP contribution in [0.3, 0.4) is 0 Å². The summed E-state index contributed by atoms with van der Waals surface area (Å²) in [6, 6.07) is 12.1. The third-order valence-electron chi connectivity index (χ3n) is 3.28. The second kappa shape index (κ2) is 4.22. The van der Waals surface area contributed by atoms with Crippen molar-refractivity contribution in [3.63, 3.8) is 0 Å². The Labute approximate surface area is 105 Å². The van der Waals surface area contributed by atoms with Gasteiger partial charge in [0.1, 0.15) is 5.69 Å². The topological polar surface area (TPSA) is 70.9 Å². The van der Waals surface area contributed by atoms with Gasteiger partial charge in [-0.15, -0.1) is 0 Å². The minimum absolute atomic E-state index is 0.0878. The van der Waals surface area contributed by atoms with Crippen molar-refractivity contribution in [2.75, 3.05) is 5.73 Å². The second-order valence-electron chi connectivity index (χ2n) is 4.68. The molecule has 1 fully saturated rings. The Morgan fingerprint density at radius 3 is 2.78 bits per heavy atom. The summed E-state index contributed by atoms with van der Waals surface area (Å²) in [4.78, 5) is 14.7. The van der Waals surface area contributed by atoms with Gasteiger partial charge in [-0.05, 0) is 18.1 Å². The van der Waals surface area contributed by atoms with Gasteiger partial charge in [0.25, 0.3) is 5.91 Å². The highest BCUT2D eigenvalue weighted by molar-refractivity contribution is 5.93. The van der Waals surface area contributed by atoms with Crippen LogP contribution in [0.2, 0.25) is 0 Å². The zero-order valence-corrected chi connectivity index (χ0v) is 9.89. The lowest BCUT2D eigenvalue weighted by atomic mass is 10.1. The number of benzene rings is 1. The lowest BCUT2D eigenvalue weighted by molar-refractivity contribution is 0.0946. The second-order valence-corrected chi connectivity index (χ2v) is 4.68. The summed E-state index contributed by atoms with van der Waals surface area (Å²) in [6.45, 7) is 0. The van der Waals surface area contributed by atoms with E-state index in [9.17, 15) is 4.79 Å². The monoisotopic (exact) mass is 241 g/mol. The molecule has 4 nitrogen and oxygen atoms in total. The first kappa shape index (κ1) is 10.9. The molecule has 1 aliphatic rings. The van der Waals surface area contributed by atoms with Gasteiger partial charge >= 0.3 is 0 Å². The average molecular weight is 241 g/mol. The number of aromatic nitrogens is 1. The number of anilines is 1. The van der Waals surface area contributed by atoms with E-state index in [0.29, 0.717) is 17.3 Å². The van der Waals surface area contributed by atoms with Gasteiger partial charge in [0.05, 0.1) is 0 Å². The minimum Gasteiger partial charge on any atom is -0.397 e. The Balaban J connectivity index is 1.62. The lowest BCUT2D eigenvalue weighted by Gasteiger charge is -2.03. The Morgan fingerprint density at radius 2 is 2.11 bits per heavy atom. The van der Waals surface area contributed by atoms with E-state index in [1.165, 1.54) is 5.56 Å². The van der Waals surface area contributed by atoms with Gasteiger partial charge in [0.15, 0.2) is 0 Å².